The summed E-state index contributed by atoms with van der Waals surface area (Å²) in [5, 5.41) is 14.5. The van der Waals surface area contributed by atoms with Crippen LogP contribution >= 0.6 is 0 Å². The SMILES string of the molecule is CCCCc1nc(C)c(CC(=O)N2CCN(C(C)=O)CC2)c(=O)n1Cc1ccc(-c2ccccc2-c2nn[nH]n2)cc1. The number of aromatic amines is 1. The van der Waals surface area contributed by atoms with Gasteiger partial charge in [0.2, 0.25) is 17.6 Å². The number of unbranched alkanes of at least 4 members (excludes halogenated alkanes) is 1. The molecule has 5 rings (SSSR count). The van der Waals surface area contributed by atoms with E-state index >= 15 is 0 Å². The van der Waals surface area contributed by atoms with Crippen LogP contribution in [-0.2, 0) is 29.0 Å². The van der Waals surface area contributed by atoms with Gasteiger partial charge < -0.3 is 9.80 Å². The minimum atomic E-state index is -0.171. The van der Waals surface area contributed by atoms with E-state index in [0.717, 1.165) is 40.9 Å². The lowest BCUT2D eigenvalue weighted by Gasteiger charge is -2.34. The molecule has 0 bridgehead atoms. The van der Waals surface area contributed by atoms with E-state index in [9.17, 15) is 14.4 Å². The van der Waals surface area contributed by atoms with E-state index < -0.39 is 0 Å². The first kappa shape index (κ1) is 28.8. The number of carbonyl (C=O) groups is 2. The monoisotopic (exact) mass is 568 g/mol. The Balaban J connectivity index is 1.40. The Kier molecular flexibility index (Phi) is 8.85. The topological polar surface area (TPSA) is 130 Å². The van der Waals surface area contributed by atoms with Crippen molar-refractivity contribution in [1.29, 1.82) is 0 Å². The zero-order chi connectivity index (χ0) is 29.6. The van der Waals surface area contributed by atoms with Crippen molar-refractivity contribution in [2.45, 2.75) is 53.0 Å². The number of nitrogens with zero attached hydrogens (tertiary/aromatic N) is 7. The number of carbonyl (C=O) groups excluding carboxylic acids is 2. The minimum Gasteiger partial charge on any atom is -0.339 e. The molecule has 0 spiro atoms. The zero-order valence-electron chi connectivity index (χ0n) is 24.3. The van der Waals surface area contributed by atoms with Gasteiger partial charge in [-0.25, -0.2) is 4.98 Å². The van der Waals surface area contributed by atoms with Gasteiger partial charge in [0.15, 0.2) is 0 Å². The second-order valence-corrected chi connectivity index (χ2v) is 10.6. The lowest BCUT2D eigenvalue weighted by molar-refractivity contribution is -0.138. The van der Waals surface area contributed by atoms with E-state index in [1.807, 2.05) is 55.5 Å². The van der Waals surface area contributed by atoms with Crippen molar-refractivity contribution in [3.63, 3.8) is 0 Å². The molecule has 1 saturated heterocycles. The maximum Gasteiger partial charge on any atom is 0.257 e. The van der Waals surface area contributed by atoms with Gasteiger partial charge in [-0.3, -0.25) is 19.0 Å². The normalized spacial score (nSPS) is 13.4. The summed E-state index contributed by atoms with van der Waals surface area (Å²) < 4.78 is 1.72. The molecule has 0 aliphatic carbocycles. The number of hydrogen-bond donors (Lipinski definition) is 1. The molecule has 11 heteroatoms. The average molecular weight is 569 g/mol. The van der Waals surface area contributed by atoms with Crippen molar-refractivity contribution >= 4 is 11.8 Å². The van der Waals surface area contributed by atoms with Crippen LogP contribution in [0.25, 0.3) is 22.5 Å². The van der Waals surface area contributed by atoms with E-state index in [1.165, 1.54) is 6.92 Å². The first-order valence-corrected chi connectivity index (χ1v) is 14.4. The van der Waals surface area contributed by atoms with Crippen molar-refractivity contribution in [3.05, 3.63) is 81.5 Å². The van der Waals surface area contributed by atoms with Crippen molar-refractivity contribution < 1.29 is 9.59 Å². The van der Waals surface area contributed by atoms with Gasteiger partial charge in [-0.15, -0.1) is 10.2 Å². The number of H-pyrrole nitrogens is 1. The van der Waals surface area contributed by atoms with Gasteiger partial charge in [0, 0.05) is 56.3 Å². The van der Waals surface area contributed by atoms with Crippen LogP contribution in [0.2, 0.25) is 0 Å². The summed E-state index contributed by atoms with van der Waals surface area (Å²) in [7, 11) is 0. The van der Waals surface area contributed by atoms with E-state index in [-0.39, 0.29) is 23.8 Å². The smallest absolute Gasteiger partial charge is 0.257 e. The summed E-state index contributed by atoms with van der Waals surface area (Å²) in [5.41, 5.74) is 4.67. The van der Waals surface area contributed by atoms with E-state index in [2.05, 4.69) is 27.5 Å². The molecule has 218 valence electrons. The number of benzene rings is 2. The van der Waals surface area contributed by atoms with Gasteiger partial charge in [-0.2, -0.15) is 5.21 Å². The molecule has 1 N–H and O–H groups in total. The van der Waals surface area contributed by atoms with Crippen molar-refractivity contribution in [2.24, 2.45) is 0 Å². The Morgan fingerprint density at radius 3 is 2.29 bits per heavy atom. The number of rotatable bonds is 9. The predicted molar refractivity (Wildman–Crippen MR) is 159 cm³/mol. The highest BCUT2D eigenvalue weighted by Gasteiger charge is 2.25. The number of tetrazole rings is 1. The van der Waals surface area contributed by atoms with Crippen LogP contribution < -0.4 is 5.56 Å². The molecule has 11 nitrogen and oxygen atoms in total. The maximum absolute atomic E-state index is 13.9. The van der Waals surface area contributed by atoms with Crippen LogP contribution in [0.15, 0.2) is 53.3 Å². The van der Waals surface area contributed by atoms with Crippen LogP contribution in [0.1, 0.15) is 49.3 Å². The Bertz CT molecular complexity index is 1600. The second kappa shape index (κ2) is 12.9. The molecular formula is C31H36N8O3. The van der Waals surface area contributed by atoms with Gasteiger partial charge in [0.05, 0.1) is 13.0 Å². The molecule has 1 aliphatic heterocycles. The number of aryl methyl sites for hydroxylation is 2. The fourth-order valence-corrected chi connectivity index (χ4v) is 5.36. The van der Waals surface area contributed by atoms with Crippen LogP contribution in [-0.4, -0.2) is 78.0 Å². The summed E-state index contributed by atoms with van der Waals surface area (Å²) in [5.74, 6) is 1.15. The van der Waals surface area contributed by atoms with E-state index in [4.69, 9.17) is 4.98 Å². The van der Waals surface area contributed by atoms with E-state index in [1.54, 1.807) is 14.4 Å². The van der Waals surface area contributed by atoms with Crippen LogP contribution in [0.5, 0.6) is 0 Å². The Hall–Kier alpha value is -4.67. The highest BCUT2D eigenvalue weighted by Crippen LogP contribution is 2.29. The molecular weight excluding hydrogens is 532 g/mol. The van der Waals surface area contributed by atoms with E-state index in [0.29, 0.717) is 56.2 Å². The number of aromatic nitrogens is 6. The van der Waals surface area contributed by atoms with Crippen LogP contribution in [0.3, 0.4) is 0 Å². The lowest BCUT2D eigenvalue weighted by atomic mass is 9.98. The molecule has 0 atom stereocenters. The van der Waals surface area contributed by atoms with Gasteiger partial charge in [-0.1, -0.05) is 61.9 Å². The highest BCUT2D eigenvalue weighted by molar-refractivity contribution is 5.81. The molecule has 1 fully saturated rings. The second-order valence-electron chi connectivity index (χ2n) is 10.6. The Labute approximate surface area is 244 Å². The standard InChI is InChI=1S/C31H36N8O3/c1-4-5-10-28-32-21(2)27(19-29(41)38-17-15-37(16-18-38)22(3)40)31(42)39(28)20-23-11-13-24(14-12-23)25-8-6-7-9-26(25)30-33-35-36-34-30/h6-9,11-14H,4-5,10,15-20H2,1-3H3,(H,33,34,35,36). The molecule has 42 heavy (non-hydrogen) atoms. The molecule has 0 radical (unpaired) electrons. The number of amides is 2. The third-order valence-corrected chi connectivity index (χ3v) is 7.83. The summed E-state index contributed by atoms with van der Waals surface area (Å²) in [6.45, 7) is 7.77. The Morgan fingerprint density at radius 2 is 1.64 bits per heavy atom. The fraction of sp³-hybridized carbons (Fsp3) is 0.387. The van der Waals surface area contributed by atoms with Crippen molar-refractivity contribution in [3.8, 4) is 22.5 Å². The fourth-order valence-electron chi connectivity index (χ4n) is 5.36. The van der Waals surface area contributed by atoms with Crippen molar-refractivity contribution in [1.82, 2.24) is 40.0 Å². The first-order valence-electron chi connectivity index (χ1n) is 14.4. The molecule has 0 saturated carbocycles. The first-order chi connectivity index (χ1) is 20.4. The molecule has 2 aromatic carbocycles. The van der Waals surface area contributed by atoms with Crippen molar-refractivity contribution in [2.75, 3.05) is 26.2 Å². The van der Waals surface area contributed by atoms with Gasteiger partial charge >= 0.3 is 0 Å². The van der Waals surface area contributed by atoms with Gasteiger partial charge in [0.1, 0.15) is 5.82 Å². The molecule has 4 aromatic rings. The highest BCUT2D eigenvalue weighted by atomic mass is 16.2. The molecule has 2 amide bonds. The van der Waals surface area contributed by atoms with Crippen LogP contribution in [0, 0.1) is 6.92 Å². The maximum atomic E-state index is 13.9. The van der Waals surface area contributed by atoms with Crippen LogP contribution in [0.4, 0.5) is 0 Å². The summed E-state index contributed by atoms with van der Waals surface area (Å²) >= 11 is 0. The molecule has 2 aromatic heterocycles. The zero-order valence-corrected chi connectivity index (χ0v) is 24.3. The quantitative estimate of drug-likeness (QED) is 0.329. The number of piperazine rings is 1. The molecule has 1 aliphatic rings. The third-order valence-electron chi connectivity index (χ3n) is 7.83. The average Bonchev–Trinajstić information content (AvgIpc) is 3.55. The summed E-state index contributed by atoms with van der Waals surface area (Å²) in [6.07, 6.45) is 2.58. The largest absolute Gasteiger partial charge is 0.339 e. The summed E-state index contributed by atoms with van der Waals surface area (Å²) in [6, 6.07) is 16.0. The number of hydrogen-bond acceptors (Lipinski definition) is 7. The van der Waals surface area contributed by atoms with Gasteiger partial charge in [0.25, 0.3) is 5.56 Å². The third kappa shape index (κ3) is 6.29. The molecule has 0 unspecified atom stereocenters. The Morgan fingerprint density at radius 1 is 0.952 bits per heavy atom. The predicted octanol–water partition coefficient (Wildman–Crippen LogP) is 3.02. The minimum absolute atomic E-state index is 0.00238. The number of nitrogens with one attached hydrogen (secondary N) is 1. The van der Waals surface area contributed by atoms with Gasteiger partial charge in [-0.05, 0) is 35.2 Å². The molecule has 3 heterocycles. The lowest BCUT2D eigenvalue weighted by Crippen LogP contribution is -2.50. The summed E-state index contributed by atoms with van der Waals surface area (Å²) in [4.78, 5) is 47.0.